The molecule has 0 amide bonds. The van der Waals surface area contributed by atoms with Gasteiger partial charge >= 0.3 is 0 Å². The van der Waals surface area contributed by atoms with Gasteiger partial charge in [-0.1, -0.05) is 32.3 Å². The summed E-state index contributed by atoms with van der Waals surface area (Å²) in [6.07, 6.45) is 4.92. The lowest BCUT2D eigenvalue weighted by atomic mass is 9.96. The maximum atomic E-state index is 5.64. The molecule has 1 aliphatic rings. The largest absolute Gasteiger partial charge is 0.496 e. The molecule has 1 heterocycles. The summed E-state index contributed by atoms with van der Waals surface area (Å²) in [6, 6.07) is 6.47. The number of ether oxygens (including phenoxy) is 2. The molecule has 0 saturated carbocycles. The van der Waals surface area contributed by atoms with E-state index in [0.29, 0.717) is 6.04 Å². The van der Waals surface area contributed by atoms with Gasteiger partial charge in [-0.05, 0) is 18.6 Å². The average molecular weight is 379 g/mol. The van der Waals surface area contributed by atoms with Crippen molar-refractivity contribution in [3.63, 3.8) is 0 Å². The van der Waals surface area contributed by atoms with Crippen LogP contribution >= 0.6 is 24.8 Å². The van der Waals surface area contributed by atoms with Crippen molar-refractivity contribution in [1.82, 2.24) is 10.2 Å². The van der Waals surface area contributed by atoms with E-state index >= 15 is 0 Å². The number of methoxy groups -OCH3 is 2. The molecule has 1 aliphatic heterocycles. The quantitative estimate of drug-likeness (QED) is 0.691. The molecule has 1 aromatic carbocycles. The number of piperazine rings is 1. The molecule has 1 N–H and O–H groups in total. The number of nitrogens with one attached hydrogen (secondary N) is 1. The number of halogens is 2. The minimum absolute atomic E-state index is 0. The molecule has 4 nitrogen and oxygen atoms in total. The summed E-state index contributed by atoms with van der Waals surface area (Å²) >= 11 is 0. The van der Waals surface area contributed by atoms with E-state index in [1.807, 2.05) is 18.2 Å². The van der Waals surface area contributed by atoms with Gasteiger partial charge in [-0.25, -0.2) is 0 Å². The van der Waals surface area contributed by atoms with Gasteiger partial charge in [-0.15, -0.1) is 24.8 Å². The Morgan fingerprint density at radius 3 is 2.12 bits per heavy atom. The molecule has 6 heteroatoms. The van der Waals surface area contributed by atoms with Crippen molar-refractivity contribution < 1.29 is 9.47 Å². The van der Waals surface area contributed by atoms with Crippen LogP contribution in [-0.4, -0.2) is 45.3 Å². The fourth-order valence-corrected chi connectivity index (χ4v) is 3.30. The second kappa shape index (κ2) is 12.6. The van der Waals surface area contributed by atoms with Crippen molar-refractivity contribution in [3.8, 4) is 11.5 Å². The molecule has 1 atom stereocenters. The molecular formula is C18H32Cl2N2O2. The monoisotopic (exact) mass is 378 g/mol. The third-order valence-electron chi connectivity index (χ3n) is 4.47. The number of nitrogens with zero attached hydrogens (tertiary/aromatic N) is 1. The van der Waals surface area contributed by atoms with E-state index in [0.717, 1.165) is 44.1 Å². The Morgan fingerprint density at radius 1 is 1.04 bits per heavy atom. The van der Waals surface area contributed by atoms with E-state index in [4.69, 9.17) is 9.47 Å². The normalized spacial score (nSPS) is 15.8. The van der Waals surface area contributed by atoms with Gasteiger partial charge in [-0.2, -0.15) is 0 Å². The number of rotatable bonds is 8. The summed E-state index contributed by atoms with van der Waals surface area (Å²) < 4.78 is 11.3. The van der Waals surface area contributed by atoms with Gasteiger partial charge in [0.05, 0.1) is 19.8 Å². The lowest BCUT2D eigenvalue weighted by Crippen LogP contribution is -2.45. The lowest BCUT2D eigenvalue weighted by Gasteiger charge is -2.36. The summed E-state index contributed by atoms with van der Waals surface area (Å²) in [5.74, 6) is 1.89. The van der Waals surface area contributed by atoms with Crippen LogP contribution in [0.3, 0.4) is 0 Å². The molecule has 0 aliphatic carbocycles. The molecule has 0 aromatic heterocycles. The zero-order valence-electron chi connectivity index (χ0n) is 15.0. The first-order chi connectivity index (χ1) is 10.8. The summed E-state index contributed by atoms with van der Waals surface area (Å²) in [7, 11) is 3.50. The van der Waals surface area contributed by atoms with Gasteiger partial charge in [-0.3, -0.25) is 4.90 Å². The zero-order chi connectivity index (χ0) is 15.8. The SMILES string of the molecule is CCCCC[C@@H](c1c(OC)cccc1OC)N1CCNCC1.Cl.Cl. The molecule has 0 unspecified atom stereocenters. The lowest BCUT2D eigenvalue weighted by molar-refractivity contribution is 0.157. The number of benzene rings is 1. The van der Waals surface area contributed by atoms with Crippen LogP contribution < -0.4 is 14.8 Å². The van der Waals surface area contributed by atoms with E-state index in [-0.39, 0.29) is 24.8 Å². The topological polar surface area (TPSA) is 33.7 Å². The fraction of sp³-hybridized carbons (Fsp3) is 0.667. The number of unbranched alkanes of at least 4 members (excludes halogenated alkanes) is 2. The molecule has 140 valence electrons. The van der Waals surface area contributed by atoms with Crippen molar-refractivity contribution in [1.29, 1.82) is 0 Å². The Hall–Kier alpha value is -0.680. The van der Waals surface area contributed by atoms with Crippen LogP contribution in [-0.2, 0) is 0 Å². The van der Waals surface area contributed by atoms with Crippen LogP contribution in [0.4, 0.5) is 0 Å². The second-order valence-corrected chi connectivity index (χ2v) is 5.87. The molecule has 0 spiro atoms. The molecule has 0 radical (unpaired) electrons. The first kappa shape index (κ1) is 23.3. The van der Waals surface area contributed by atoms with Gasteiger partial charge in [0, 0.05) is 32.2 Å². The van der Waals surface area contributed by atoms with Crippen LogP contribution in [0.2, 0.25) is 0 Å². The molecule has 2 rings (SSSR count). The zero-order valence-corrected chi connectivity index (χ0v) is 16.7. The van der Waals surface area contributed by atoms with Crippen LogP contribution in [0, 0.1) is 0 Å². The minimum atomic E-state index is 0. The molecule has 1 aromatic rings. The maximum Gasteiger partial charge on any atom is 0.127 e. The summed E-state index contributed by atoms with van der Waals surface area (Å²) in [4.78, 5) is 2.58. The van der Waals surface area contributed by atoms with E-state index in [1.54, 1.807) is 14.2 Å². The Kier molecular flexibility index (Phi) is 12.3. The minimum Gasteiger partial charge on any atom is -0.496 e. The highest BCUT2D eigenvalue weighted by atomic mass is 35.5. The second-order valence-electron chi connectivity index (χ2n) is 5.87. The average Bonchev–Trinajstić information content (AvgIpc) is 2.59. The third-order valence-corrected chi connectivity index (χ3v) is 4.47. The third kappa shape index (κ3) is 5.99. The van der Waals surface area contributed by atoms with E-state index < -0.39 is 0 Å². The van der Waals surface area contributed by atoms with Crippen LogP contribution in [0.5, 0.6) is 11.5 Å². The van der Waals surface area contributed by atoms with Crippen LogP contribution in [0.15, 0.2) is 18.2 Å². The smallest absolute Gasteiger partial charge is 0.127 e. The standard InChI is InChI=1S/C18H30N2O2.2ClH/c1-4-5-6-8-15(20-13-11-19-12-14-20)18-16(21-2)9-7-10-17(18)22-3;;/h7,9-10,15,19H,4-6,8,11-14H2,1-3H3;2*1H/t15-;;/m0../s1. The fourth-order valence-electron chi connectivity index (χ4n) is 3.30. The van der Waals surface area contributed by atoms with Crippen molar-refractivity contribution in [3.05, 3.63) is 23.8 Å². The van der Waals surface area contributed by atoms with E-state index in [2.05, 4.69) is 17.1 Å². The Bertz CT molecular complexity index is 432. The summed E-state index contributed by atoms with van der Waals surface area (Å²) in [5, 5.41) is 3.44. The highest BCUT2D eigenvalue weighted by Gasteiger charge is 2.27. The van der Waals surface area contributed by atoms with Crippen LogP contribution in [0.25, 0.3) is 0 Å². The van der Waals surface area contributed by atoms with Gasteiger partial charge < -0.3 is 14.8 Å². The Balaban J connectivity index is 0.00000264. The molecule has 24 heavy (non-hydrogen) atoms. The number of hydrogen-bond donors (Lipinski definition) is 1. The summed E-state index contributed by atoms with van der Waals surface area (Å²) in [6.45, 7) is 6.53. The highest BCUT2D eigenvalue weighted by Crippen LogP contribution is 2.39. The van der Waals surface area contributed by atoms with Crippen molar-refractivity contribution in [2.24, 2.45) is 0 Å². The van der Waals surface area contributed by atoms with Crippen molar-refractivity contribution >= 4 is 24.8 Å². The van der Waals surface area contributed by atoms with Crippen molar-refractivity contribution in [2.45, 2.75) is 38.6 Å². The molecule has 0 bridgehead atoms. The predicted molar refractivity (Wildman–Crippen MR) is 105 cm³/mol. The van der Waals surface area contributed by atoms with E-state index in [1.165, 1.54) is 24.8 Å². The Labute approximate surface area is 159 Å². The highest BCUT2D eigenvalue weighted by molar-refractivity contribution is 5.85. The van der Waals surface area contributed by atoms with Gasteiger partial charge in [0.25, 0.3) is 0 Å². The predicted octanol–water partition coefficient (Wildman–Crippen LogP) is 4.07. The first-order valence-electron chi connectivity index (χ1n) is 8.47. The molecular weight excluding hydrogens is 347 g/mol. The van der Waals surface area contributed by atoms with Gasteiger partial charge in [0.1, 0.15) is 11.5 Å². The van der Waals surface area contributed by atoms with Crippen LogP contribution in [0.1, 0.15) is 44.2 Å². The maximum absolute atomic E-state index is 5.64. The van der Waals surface area contributed by atoms with Gasteiger partial charge in [0.2, 0.25) is 0 Å². The Morgan fingerprint density at radius 2 is 1.62 bits per heavy atom. The first-order valence-corrected chi connectivity index (χ1v) is 8.47. The van der Waals surface area contributed by atoms with Crippen molar-refractivity contribution in [2.75, 3.05) is 40.4 Å². The van der Waals surface area contributed by atoms with E-state index in [9.17, 15) is 0 Å². The summed E-state index contributed by atoms with van der Waals surface area (Å²) in [5.41, 5.74) is 1.21. The molecule has 1 saturated heterocycles. The molecule has 1 fully saturated rings. The number of hydrogen-bond acceptors (Lipinski definition) is 4. The van der Waals surface area contributed by atoms with Gasteiger partial charge in [0.15, 0.2) is 0 Å².